The minimum absolute atomic E-state index is 0. The molecule has 0 N–H and O–H groups in total. The minimum Gasteiger partial charge on any atom is -0.756 e. The van der Waals surface area contributed by atoms with Gasteiger partial charge < -0.3 is 41.8 Å². The fraction of sp³-hybridized carbons (Fsp3) is 1.00. The van der Waals surface area contributed by atoms with E-state index in [1.54, 1.807) is 0 Å². The van der Waals surface area contributed by atoms with Crippen LogP contribution in [-0.4, -0.2) is 39.6 Å². The largest absolute Gasteiger partial charge is 3.00 e. The molecule has 0 spiro atoms. The van der Waals surface area contributed by atoms with Crippen LogP contribution in [0.1, 0.15) is 196 Å². The van der Waals surface area contributed by atoms with Gasteiger partial charge in [0.05, 0.1) is 39.6 Å². The first-order chi connectivity index (χ1) is 24.4. The zero-order valence-corrected chi connectivity index (χ0v) is 37.8. The van der Waals surface area contributed by atoms with Crippen molar-refractivity contribution in [3.8, 4) is 0 Å². The van der Waals surface area contributed by atoms with E-state index >= 15 is 0 Å². The molecule has 0 heterocycles. The summed E-state index contributed by atoms with van der Waals surface area (Å²) in [5.74, 6) is 0. The van der Waals surface area contributed by atoms with Crippen molar-refractivity contribution >= 4 is 23.5 Å². The van der Waals surface area contributed by atoms with E-state index in [1.807, 2.05) is 0 Å². The van der Waals surface area contributed by atoms with Crippen LogP contribution in [0.4, 0.5) is 0 Å². The molecule has 315 valence electrons. The summed E-state index contributed by atoms with van der Waals surface area (Å²) in [5.41, 5.74) is 0. The topological polar surface area (TPSA) is 176 Å². The molecule has 0 aromatic rings. The van der Waals surface area contributed by atoms with Gasteiger partial charge in [-0.25, -0.2) is 0 Å². The second kappa shape index (κ2) is 44.6. The molecule has 0 amide bonds. The predicted molar refractivity (Wildman–Crippen MR) is 203 cm³/mol. The third kappa shape index (κ3) is 53.0. The zero-order chi connectivity index (χ0) is 39.0. The summed E-state index contributed by atoms with van der Waals surface area (Å²) in [7, 11) is -12.1. The van der Waals surface area contributed by atoms with Gasteiger partial charge in [-0.05, 0) is 38.5 Å². The molecule has 12 nitrogen and oxygen atoms in total. The van der Waals surface area contributed by atoms with E-state index in [0.29, 0.717) is 0 Å². The Morgan fingerprint density at radius 1 is 0.288 bits per heavy atom. The van der Waals surface area contributed by atoms with E-state index in [9.17, 15) is 28.4 Å². The van der Waals surface area contributed by atoms with Gasteiger partial charge in [0, 0.05) is 0 Å². The molecular weight excluding hydrogens is 769 g/mol. The van der Waals surface area contributed by atoms with Crippen LogP contribution in [0.5, 0.6) is 0 Å². The van der Waals surface area contributed by atoms with Crippen molar-refractivity contribution in [3.05, 3.63) is 0 Å². The standard InChI is InChI=1S/3C12H27O4P.Cr/c3*1-3-5-7-9-11-15-17(13,14)16-12-10-8-6-4-2;/h3*3-12H2,1-2H3,(H,13,14);/q;;;+3/p-3. The molecule has 0 rings (SSSR count). The molecule has 0 aliphatic rings. The molecule has 16 heteroatoms. The number of hydrogen-bond acceptors (Lipinski definition) is 12. The molecule has 0 saturated carbocycles. The summed E-state index contributed by atoms with van der Waals surface area (Å²) in [6.07, 6.45) is 24.2. The molecule has 0 fully saturated rings. The van der Waals surface area contributed by atoms with Crippen LogP contribution in [0.25, 0.3) is 0 Å². The van der Waals surface area contributed by atoms with E-state index in [-0.39, 0.29) is 57.0 Å². The summed E-state index contributed by atoms with van der Waals surface area (Å²) >= 11 is 0. The maximum absolute atomic E-state index is 11.3. The maximum atomic E-state index is 11.3. The molecular formula is C36H78CrO12P3. The van der Waals surface area contributed by atoms with E-state index in [1.165, 1.54) is 0 Å². The minimum atomic E-state index is -4.04. The molecule has 0 aromatic carbocycles. The predicted octanol–water partition coefficient (Wildman–Crippen LogP) is 10.9. The van der Waals surface area contributed by atoms with E-state index in [0.717, 1.165) is 154 Å². The Morgan fingerprint density at radius 3 is 0.538 bits per heavy atom. The van der Waals surface area contributed by atoms with Crippen molar-refractivity contribution in [2.24, 2.45) is 0 Å². The second-order valence-corrected chi connectivity index (χ2v) is 16.9. The summed E-state index contributed by atoms with van der Waals surface area (Å²) in [6.45, 7) is 14.1. The first kappa shape index (κ1) is 59.6. The van der Waals surface area contributed by atoms with Gasteiger partial charge in [-0.2, -0.15) is 0 Å². The number of rotatable bonds is 36. The smallest absolute Gasteiger partial charge is 0.756 e. The van der Waals surface area contributed by atoms with Gasteiger partial charge in [-0.15, -0.1) is 0 Å². The normalized spacial score (nSPS) is 11.7. The molecule has 1 radical (unpaired) electrons. The van der Waals surface area contributed by atoms with Crippen molar-refractivity contribution in [3.63, 3.8) is 0 Å². The molecule has 0 unspecified atom stereocenters. The number of hydrogen-bond donors (Lipinski definition) is 0. The van der Waals surface area contributed by atoms with E-state index in [2.05, 4.69) is 41.5 Å². The van der Waals surface area contributed by atoms with Gasteiger partial charge in [-0.1, -0.05) is 157 Å². The van der Waals surface area contributed by atoms with Crippen molar-refractivity contribution in [2.75, 3.05) is 39.6 Å². The van der Waals surface area contributed by atoms with Crippen molar-refractivity contribution in [1.29, 1.82) is 0 Å². The van der Waals surface area contributed by atoms with E-state index < -0.39 is 23.5 Å². The van der Waals surface area contributed by atoms with Gasteiger partial charge in [0.2, 0.25) is 0 Å². The number of phosphoric ester groups is 3. The third-order valence-corrected chi connectivity index (χ3v) is 10.5. The van der Waals surface area contributed by atoms with Gasteiger partial charge in [0.1, 0.15) is 0 Å². The summed E-state index contributed by atoms with van der Waals surface area (Å²) in [6, 6.07) is 0. The van der Waals surface area contributed by atoms with Crippen LogP contribution in [0.3, 0.4) is 0 Å². The fourth-order valence-corrected chi connectivity index (χ4v) is 6.68. The molecule has 0 aliphatic heterocycles. The molecule has 0 aromatic heterocycles. The fourth-order valence-electron chi connectivity index (χ4n) is 4.34. The Balaban J connectivity index is -0.000000329. The summed E-state index contributed by atoms with van der Waals surface area (Å²) in [5, 5.41) is 0. The Hall–Kier alpha value is 0.862. The quantitative estimate of drug-likeness (QED) is 0.0431. The van der Waals surface area contributed by atoms with E-state index in [4.69, 9.17) is 27.1 Å². The molecule has 0 atom stereocenters. The van der Waals surface area contributed by atoms with Gasteiger partial charge >= 0.3 is 17.4 Å². The SMILES string of the molecule is CCCCCCOP(=O)([O-])OCCCCCC.CCCCCCOP(=O)([O-])OCCCCCC.CCCCCCOP(=O)([O-])OCCCCCC.[Cr+3]. The van der Waals surface area contributed by atoms with Crippen LogP contribution >= 0.6 is 23.5 Å². The average Bonchev–Trinajstić information content (AvgIpc) is 3.08. The number of phosphoric acid groups is 3. The molecule has 0 saturated heterocycles. The first-order valence-electron chi connectivity index (χ1n) is 20.2. The Labute approximate surface area is 330 Å². The van der Waals surface area contributed by atoms with Gasteiger partial charge in [0.15, 0.2) is 0 Å². The Bertz CT molecular complexity index is 684. The Morgan fingerprint density at radius 2 is 0.423 bits per heavy atom. The van der Waals surface area contributed by atoms with Crippen LogP contribution < -0.4 is 14.7 Å². The second-order valence-electron chi connectivity index (χ2n) is 12.7. The maximum Gasteiger partial charge on any atom is 3.00 e. The van der Waals surface area contributed by atoms with Crippen molar-refractivity contribution in [2.45, 2.75) is 196 Å². The van der Waals surface area contributed by atoms with Gasteiger partial charge in [0.25, 0.3) is 23.5 Å². The van der Waals surface area contributed by atoms with Crippen LogP contribution in [0.2, 0.25) is 0 Å². The van der Waals surface area contributed by atoms with Crippen molar-refractivity contribution < 1.29 is 72.9 Å². The first-order valence-corrected chi connectivity index (χ1v) is 24.5. The number of unbranched alkanes of at least 4 members (excludes halogenated alkanes) is 18. The Kier molecular flexibility index (Phi) is 51.1. The third-order valence-electron chi connectivity index (χ3n) is 7.48. The average molecular weight is 848 g/mol. The van der Waals surface area contributed by atoms with Crippen LogP contribution in [0, 0.1) is 0 Å². The summed E-state index contributed by atoms with van der Waals surface area (Å²) in [4.78, 5) is 33.8. The molecule has 52 heavy (non-hydrogen) atoms. The zero-order valence-electron chi connectivity index (χ0n) is 33.9. The van der Waals surface area contributed by atoms with Crippen molar-refractivity contribution in [1.82, 2.24) is 0 Å². The van der Waals surface area contributed by atoms with Gasteiger partial charge in [-0.3, -0.25) is 13.7 Å². The monoisotopic (exact) mass is 847 g/mol. The molecule has 0 bridgehead atoms. The van der Waals surface area contributed by atoms with Crippen LogP contribution in [0.15, 0.2) is 0 Å². The summed E-state index contributed by atoms with van der Waals surface area (Å²) < 4.78 is 62.4. The van der Waals surface area contributed by atoms with Crippen LogP contribution in [-0.2, 0) is 58.2 Å². The molecule has 0 aliphatic carbocycles.